The third-order valence-electron chi connectivity index (χ3n) is 2.78. The van der Waals surface area contributed by atoms with Gasteiger partial charge in [0.15, 0.2) is 0 Å². The molecule has 0 saturated carbocycles. The molecule has 0 aliphatic rings. The lowest BCUT2D eigenvalue weighted by Gasteiger charge is -1.97. The zero-order chi connectivity index (χ0) is 13.8. The number of nitrogens with zero attached hydrogens (tertiary/aromatic N) is 2. The van der Waals surface area contributed by atoms with Gasteiger partial charge in [0.1, 0.15) is 0 Å². The van der Waals surface area contributed by atoms with Crippen molar-refractivity contribution in [3.63, 3.8) is 0 Å². The lowest BCUT2D eigenvalue weighted by molar-refractivity contribution is -0.384. The highest BCUT2D eigenvalue weighted by molar-refractivity contribution is 7.11. The predicted molar refractivity (Wildman–Crippen MR) is 73.5 cm³/mol. The first-order chi connectivity index (χ1) is 9.10. The van der Waals surface area contributed by atoms with Gasteiger partial charge in [-0.05, 0) is 12.5 Å². The second-order valence-electron chi connectivity index (χ2n) is 4.19. The molecule has 0 unspecified atom stereocenters. The standard InChI is InChI=1S/C13H14N2O3S/c1-9-12(6-7-16)19-13(14-9)8-10-2-4-11(5-3-10)15(17)18/h2-5,16H,6-8H2,1H3. The maximum atomic E-state index is 10.6. The molecule has 0 atom stereocenters. The van der Waals surface area contributed by atoms with Gasteiger partial charge in [-0.1, -0.05) is 12.1 Å². The molecule has 100 valence electrons. The molecule has 5 nitrogen and oxygen atoms in total. The van der Waals surface area contributed by atoms with Crippen molar-refractivity contribution in [3.05, 3.63) is 55.5 Å². The first kappa shape index (κ1) is 13.6. The zero-order valence-corrected chi connectivity index (χ0v) is 11.3. The number of nitro groups is 1. The number of hydrogen-bond donors (Lipinski definition) is 1. The van der Waals surface area contributed by atoms with Crippen LogP contribution in [0.15, 0.2) is 24.3 Å². The number of benzene rings is 1. The van der Waals surface area contributed by atoms with Gasteiger partial charge < -0.3 is 5.11 Å². The molecule has 2 aromatic rings. The third-order valence-corrected chi connectivity index (χ3v) is 4.00. The third kappa shape index (κ3) is 3.36. The molecular weight excluding hydrogens is 264 g/mol. The topological polar surface area (TPSA) is 76.3 Å². The van der Waals surface area contributed by atoms with Crippen LogP contribution in [0.2, 0.25) is 0 Å². The van der Waals surface area contributed by atoms with E-state index < -0.39 is 4.92 Å². The van der Waals surface area contributed by atoms with E-state index in [1.54, 1.807) is 23.5 Å². The quantitative estimate of drug-likeness (QED) is 0.673. The fraction of sp³-hybridized carbons (Fsp3) is 0.308. The Hall–Kier alpha value is -1.79. The summed E-state index contributed by atoms with van der Waals surface area (Å²) in [5, 5.41) is 20.5. The van der Waals surface area contributed by atoms with E-state index in [1.165, 1.54) is 12.1 Å². The minimum Gasteiger partial charge on any atom is -0.396 e. The molecule has 6 heteroatoms. The SMILES string of the molecule is Cc1nc(Cc2ccc([N+](=O)[O-])cc2)sc1CCO. The van der Waals surface area contributed by atoms with Gasteiger partial charge in [-0.25, -0.2) is 4.98 Å². The fourth-order valence-corrected chi connectivity index (χ4v) is 2.90. The maximum Gasteiger partial charge on any atom is 0.269 e. The van der Waals surface area contributed by atoms with Crippen LogP contribution < -0.4 is 0 Å². The van der Waals surface area contributed by atoms with E-state index in [-0.39, 0.29) is 12.3 Å². The number of aromatic nitrogens is 1. The van der Waals surface area contributed by atoms with Crippen LogP contribution in [0, 0.1) is 17.0 Å². The lowest BCUT2D eigenvalue weighted by Crippen LogP contribution is -1.90. The summed E-state index contributed by atoms with van der Waals surface area (Å²) in [6.07, 6.45) is 1.29. The molecule has 1 aromatic heterocycles. The summed E-state index contributed by atoms with van der Waals surface area (Å²) in [4.78, 5) is 15.7. The van der Waals surface area contributed by atoms with Crippen molar-refractivity contribution in [1.29, 1.82) is 0 Å². The van der Waals surface area contributed by atoms with E-state index >= 15 is 0 Å². The van der Waals surface area contributed by atoms with Crippen LogP contribution in [0.1, 0.15) is 21.1 Å². The second-order valence-corrected chi connectivity index (χ2v) is 5.36. The van der Waals surface area contributed by atoms with Crippen molar-refractivity contribution in [2.45, 2.75) is 19.8 Å². The van der Waals surface area contributed by atoms with Crippen LogP contribution in [-0.2, 0) is 12.8 Å². The summed E-state index contributed by atoms with van der Waals surface area (Å²) in [5.41, 5.74) is 2.05. The van der Waals surface area contributed by atoms with Gasteiger partial charge in [-0.2, -0.15) is 0 Å². The molecule has 0 amide bonds. The molecule has 0 fully saturated rings. The monoisotopic (exact) mass is 278 g/mol. The number of rotatable bonds is 5. The first-order valence-corrected chi connectivity index (χ1v) is 6.71. The number of aliphatic hydroxyl groups excluding tert-OH is 1. The summed E-state index contributed by atoms with van der Waals surface area (Å²) in [7, 11) is 0. The van der Waals surface area contributed by atoms with Gasteiger partial charge in [0.05, 0.1) is 15.6 Å². The Labute approximate surface area is 114 Å². The fourth-order valence-electron chi connectivity index (χ4n) is 1.81. The summed E-state index contributed by atoms with van der Waals surface area (Å²) in [5.74, 6) is 0. The van der Waals surface area contributed by atoms with Gasteiger partial charge >= 0.3 is 0 Å². The Balaban J connectivity index is 2.12. The Kier molecular flexibility index (Phi) is 4.24. The van der Waals surface area contributed by atoms with Crippen molar-refractivity contribution >= 4 is 17.0 Å². The molecule has 1 N–H and O–H groups in total. The van der Waals surface area contributed by atoms with Crippen LogP contribution in [0.4, 0.5) is 5.69 Å². The summed E-state index contributed by atoms with van der Waals surface area (Å²) < 4.78 is 0. The minimum absolute atomic E-state index is 0.0973. The highest BCUT2D eigenvalue weighted by Gasteiger charge is 2.09. The van der Waals surface area contributed by atoms with E-state index in [0.717, 1.165) is 21.1 Å². The Morgan fingerprint density at radius 1 is 1.37 bits per heavy atom. The zero-order valence-electron chi connectivity index (χ0n) is 10.5. The Bertz CT molecular complexity index is 578. The van der Waals surface area contributed by atoms with E-state index in [2.05, 4.69) is 4.98 Å². The predicted octanol–water partition coefficient (Wildman–Crippen LogP) is 2.49. The van der Waals surface area contributed by atoms with Crippen LogP contribution in [-0.4, -0.2) is 21.6 Å². The average Bonchev–Trinajstić information content (AvgIpc) is 2.71. The van der Waals surface area contributed by atoms with Gasteiger partial charge in [-0.3, -0.25) is 10.1 Å². The normalized spacial score (nSPS) is 10.6. The van der Waals surface area contributed by atoms with Crippen molar-refractivity contribution in [1.82, 2.24) is 4.98 Å². The smallest absolute Gasteiger partial charge is 0.269 e. The van der Waals surface area contributed by atoms with Crippen molar-refractivity contribution in [3.8, 4) is 0 Å². The molecule has 0 aliphatic carbocycles. The highest BCUT2D eigenvalue weighted by atomic mass is 32.1. The Morgan fingerprint density at radius 3 is 2.63 bits per heavy atom. The molecule has 19 heavy (non-hydrogen) atoms. The number of hydrogen-bond acceptors (Lipinski definition) is 5. The molecule has 0 aliphatic heterocycles. The summed E-state index contributed by atoms with van der Waals surface area (Å²) >= 11 is 1.58. The molecule has 0 radical (unpaired) electrons. The molecule has 1 heterocycles. The van der Waals surface area contributed by atoms with Crippen LogP contribution in [0.5, 0.6) is 0 Å². The van der Waals surface area contributed by atoms with E-state index in [1.807, 2.05) is 6.92 Å². The number of aryl methyl sites for hydroxylation is 1. The van der Waals surface area contributed by atoms with Crippen LogP contribution in [0.3, 0.4) is 0 Å². The van der Waals surface area contributed by atoms with Gasteiger partial charge in [0, 0.05) is 36.5 Å². The molecule has 0 bridgehead atoms. The Morgan fingerprint density at radius 2 is 2.05 bits per heavy atom. The highest BCUT2D eigenvalue weighted by Crippen LogP contribution is 2.22. The molecule has 0 saturated heterocycles. The lowest BCUT2D eigenvalue weighted by atomic mass is 10.1. The van der Waals surface area contributed by atoms with Gasteiger partial charge in [0.25, 0.3) is 5.69 Å². The number of aliphatic hydroxyl groups is 1. The molecule has 2 rings (SSSR count). The number of nitro benzene ring substituents is 1. The molecule has 1 aromatic carbocycles. The minimum atomic E-state index is -0.406. The maximum absolute atomic E-state index is 10.6. The van der Waals surface area contributed by atoms with Crippen molar-refractivity contribution < 1.29 is 10.0 Å². The number of non-ortho nitro benzene ring substituents is 1. The van der Waals surface area contributed by atoms with Crippen LogP contribution in [0.25, 0.3) is 0 Å². The van der Waals surface area contributed by atoms with Gasteiger partial charge in [0.2, 0.25) is 0 Å². The van der Waals surface area contributed by atoms with Crippen LogP contribution >= 0.6 is 11.3 Å². The summed E-state index contributed by atoms with van der Waals surface area (Å²) in [6.45, 7) is 2.06. The first-order valence-electron chi connectivity index (χ1n) is 5.89. The van der Waals surface area contributed by atoms with Gasteiger partial charge in [-0.15, -0.1) is 11.3 Å². The average molecular weight is 278 g/mol. The van der Waals surface area contributed by atoms with E-state index in [4.69, 9.17) is 5.11 Å². The van der Waals surface area contributed by atoms with Crippen molar-refractivity contribution in [2.24, 2.45) is 0 Å². The van der Waals surface area contributed by atoms with E-state index in [0.29, 0.717) is 12.8 Å². The van der Waals surface area contributed by atoms with Crippen molar-refractivity contribution in [2.75, 3.05) is 6.61 Å². The second kappa shape index (κ2) is 5.90. The summed E-state index contributed by atoms with van der Waals surface area (Å²) in [6, 6.07) is 6.51. The van der Waals surface area contributed by atoms with E-state index in [9.17, 15) is 10.1 Å². The molecule has 0 spiro atoms. The molecular formula is C13H14N2O3S. The largest absolute Gasteiger partial charge is 0.396 e. The number of thiazole rings is 1.